The Morgan fingerprint density at radius 1 is 1.36 bits per heavy atom. The second kappa shape index (κ2) is 2.33. The normalized spacial score (nSPS) is 9.45. The topological polar surface area (TPSA) is 115 Å². The van der Waals surface area contributed by atoms with Gasteiger partial charge in [-0.05, 0) is 9.85 Å². The lowest BCUT2D eigenvalue weighted by atomic mass is 10.7. The number of nitro groups is 2. The Labute approximate surface area is 59.2 Å². The Hall–Kier alpha value is -1.99. The summed E-state index contributed by atoms with van der Waals surface area (Å²) >= 11 is 0. The molecule has 11 heavy (non-hydrogen) atoms. The highest BCUT2D eigenvalue weighted by Gasteiger charge is 2.27. The van der Waals surface area contributed by atoms with E-state index in [9.17, 15) is 20.2 Å². The number of hydrogen-bond donors (Lipinski definition) is 1. The zero-order valence-corrected chi connectivity index (χ0v) is 4.97. The molecule has 0 aromatic carbocycles. The lowest BCUT2D eigenvalue weighted by Crippen LogP contribution is -1.94. The van der Waals surface area contributed by atoms with Gasteiger partial charge >= 0.3 is 18.0 Å². The maximum Gasteiger partial charge on any atom is 0.463 e. The van der Waals surface area contributed by atoms with Gasteiger partial charge in [0.05, 0.1) is 0 Å². The van der Waals surface area contributed by atoms with Crippen molar-refractivity contribution < 1.29 is 9.85 Å². The molecule has 8 heteroatoms. The summed E-state index contributed by atoms with van der Waals surface area (Å²) in [4.78, 5) is 23.0. The highest BCUT2D eigenvalue weighted by molar-refractivity contribution is 5.38. The molecule has 57 valence electrons. The highest BCUT2D eigenvalue weighted by Crippen LogP contribution is 2.19. The minimum absolute atomic E-state index is 0.755. The van der Waals surface area contributed by atoms with Crippen LogP contribution < -0.4 is 0 Å². The number of aromatic nitrogens is 2. The molecular weight excluding hydrogens is 156 g/mol. The Balaban J connectivity index is 3.16. The zero-order valence-electron chi connectivity index (χ0n) is 4.97. The summed E-state index contributed by atoms with van der Waals surface area (Å²) in [5.41, 5.74) is 0. The van der Waals surface area contributed by atoms with Crippen LogP contribution in [0.3, 0.4) is 0 Å². The molecule has 0 bridgehead atoms. The zero-order chi connectivity index (χ0) is 8.43. The third-order valence-electron chi connectivity index (χ3n) is 0.903. The van der Waals surface area contributed by atoms with Gasteiger partial charge in [0.1, 0.15) is 0 Å². The average molecular weight is 157 g/mol. The van der Waals surface area contributed by atoms with Gasteiger partial charge in [-0.1, -0.05) is 0 Å². The molecule has 0 atom stereocenters. The van der Waals surface area contributed by atoms with E-state index in [4.69, 9.17) is 0 Å². The smallest absolute Gasteiger partial charge is 0.358 e. The van der Waals surface area contributed by atoms with Crippen LogP contribution in [-0.4, -0.2) is 19.8 Å². The second-order valence-electron chi connectivity index (χ2n) is 1.54. The minimum Gasteiger partial charge on any atom is -0.358 e. The van der Waals surface area contributed by atoms with Gasteiger partial charge < -0.3 is 20.2 Å². The number of rotatable bonds is 2. The van der Waals surface area contributed by atoms with Gasteiger partial charge in [0.25, 0.3) is 0 Å². The van der Waals surface area contributed by atoms with Crippen molar-refractivity contribution in [3.05, 3.63) is 26.6 Å². The van der Waals surface area contributed by atoms with Gasteiger partial charge in [-0.3, -0.25) is 0 Å². The lowest BCUT2D eigenvalue weighted by molar-refractivity contribution is -0.427. The molecule has 0 saturated carbocycles. The van der Waals surface area contributed by atoms with E-state index in [2.05, 4.69) is 4.98 Å². The van der Waals surface area contributed by atoms with Gasteiger partial charge in [0, 0.05) is 4.98 Å². The monoisotopic (exact) mass is 157 g/mol. The average Bonchev–Trinajstić information content (AvgIpc) is 2.32. The van der Waals surface area contributed by atoms with E-state index in [1.807, 2.05) is 11.3 Å². The van der Waals surface area contributed by atoms with E-state index < -0.39 is 21.5 Å². The van der Waals surface area contributed by atoms with Crippen molar-refractivity contribution in [1.82, 2.24) is 9.97 Å². The Morgan fingerprint density at radius 3 is 2.36 bits per heavy atom. The molecule has 0 unspecified atom stereocenters. The van der Waals surface area contributed by atoms with Crippen LogP contribution in [0.5, 0.6) is 0 Å². The number of hydrogen-bond acceptors (Lipinski definition) is 5. The first kappa shape index (κ1) is 7.12. The molecule has 0 spiro atoms. The molecule has 1 rings (SSSR count). The predicted octanol–water partition coefficient (Wildman–Crippen LogP) is 0.0263. The fourth-order valence-corrected chi connectivity index (χ4v) is 0.497. The lowest BCUT2D eigenvalue weighted by Gasteiger charge is -1.88. The highest BCUT2D eigenvalue weighted by atomic mass is 16.6. The van der Waals surface area contributed by atoms with Crippen LogP contribution in [0.15, 0.2) is 0 Å². The SMILES string of the molecule is O=[N+]([O-])c1n[c][nH]c1[N+](=O)[O-]. The van der Waals surface area contributed by atoms with Crippen molar-refractivity contribution >= 4 is 11.6 Å². The van der Waals surface area contributed by atoms with E-state index in [0.29, 0.717) is 0 Å². The number of nitrogens with one attached hydrogen (secondary N) is 1. The molecule has 0 aliphatic rings. The predicted molar refractivity (Wildman–Crippen MR) is 30.7 cm³/mol. The molecule has 0 aliphatic carbocycles. The summed E-state index contributed by atoms with van der Waals surface area (Å²) < 4.78 is 0. The molecule has 1 radical (unpaired) electrons. The summed E-state index contributed by atoms with van der Waals surface area (Å²) in [5, 5.41) is 20.0. The van der Waals surface area contributed by atoms with Crippen molar-refractivity contribution in [1.29, 1.82) is 0 Å². The molecule has 1 N–H and O–H groups in total. The maximum absolute atomic E-state index is 10.00. The molecule has 1 heterocycles. The van der Waals surface area contributed by atoms with E-state index in [-0.39, 0.29) is 0 Å². The van der Waals surface area contributed by atoms with Gasteiger partial charge in [0.2, 0.25) is 0 Å². The van der Waals surface area contributed by atoms with Gasteiger partial charge in [-0.25, -0.2) is 0 Å². The first-order valence-electron chi connectivity index (χ1n) is 2.37. The quantitative estimate of drug-likeness (QED) is 0.480. The van der Waals surface area contributed by atoms with Crippen LogP contribution in [0.25, 0.3) is 0 Å². The Bertz CT molecular complexity index is 276. The number of H-pyrrole nitrogens is 1. The van der Waals surface area contributed by atoms with Crippen molar-refractivity contribution in [3.63, 3.8) is 0 Å². The second-order valence-corrected chi connectivity index (χ2v) is 1.54. The molecule has 0 saturated heterocycles. The van der Waals surface area contributed by atoms with E-state index >= 15 is 0 Å². The third-order valence-corrected chi connectivity index (χ3v) is 0.903. The molecular formula is C3HN4O4. The van der Waals surface area contributed by atoms with Crippen molar-refractivity contribution in [2.75, 3.05) is 0 Å². The molecule has 0 aliphatic heterocycles. The third kappa shape index (κ3) is 1.13. The Morgan fingerprint density at radius 2 is 2.00 bits per heavy atom. The number of nitrogens with zero attached hydrogens (tertiary/aromatic N) is 3. The summed E-state index contributed by atoms with van der Waals surface area (Å²) in [6.45, 7) is 0. The number of imidazole rings is 1. The van der Waals surface area contributed by atoms with Crippen LogP contribution in [0.4, 0.5) is 11.6 Å². The number of aromatic amines is 1. The fraction of sp³-hybridized carbons (Fsp3) is 0. The van der Waals surface area contributed by atoms with Gasteiger partial charge in [-0.2, -0.15) is 4.98 Å². The largest absolute Gasteiger partial charge is 0.463 e. The maximum atomic E-state index is 10.00. The van der Waals surface area contributed by atoms with Crippen LogP contribution in [0.2, 0.25) is 0 Å². The van der Waals surface area contributed by atoms with Crippen molar-refractivity contribution in [2.45, 2.75) is 0 Å². The first-order valence-corrected chi connectivity index (χ1v) is 2.37. The van der Waals surface area contributed by atoms with E-state index in [1.165, 1.54) is 0 Å². The van der Waals surface area contributed by atoms with Crippen molar-refractivity contribution in [3.8, 4) is 0 Å². The van der Waals surface area contributed by atoms with Gasteiger partial charge in [-0.15, -0.1) is 0 Å². The molecule has 1 aromatic heterocycles. The van der Waals surface area contributed by atoms with Crippen molar-refractivity contribution in [2.24, 2.45) is 0 Å². The van der Waals surface area contributed by atoms with Crippen LogP contribution in [0.1, 0.15) is 0 Å². The van der Waals surface area contributed by atoms with Crippen LogP contribution in [-0.2, 0) is 0 Å². The summed E-state index contributed by atoms with van der Waals surface area (Å²) in [5.74, 6) is -1.58. The molecule has 0 fully saturated rings. The van der Waals surface area contributed by atoms with E-state index in [1.54, 1.807) is 0 Å². The standard InChI is InChI=1S/C3HN4O4/c8-6(9)2-3(7(10)11)5-1-4-2/h(H,4,5). The molecule has 1 aromatic rings. The van der Waals surface area contributed by atoms with Crippen LogP contribution >= 0.6 is 0 Å². The molecule has 0 amide bonds. The summed E-state index contributed by atoms with van der Waals surface area (Å²) in [6.07, 6.45) is 1.90. The first-order chi connectivity index (χ1) is 5.13. The van der Waals surface area contributed by atoms with E-state index in [0.717, 1.165) is 0 Å². The minimum atomic E-state index is -0.953. The summed E-state index contributed by atoms with van der Waals surface area (Å²) in [7, 11) is 0. The summed E-state index contributed by atoms with van der Waals surface area (Å²) in [6, 6.07) is 0. The Kier molecular flexibility index (Phi) is 1.51. The molecule has 8 nitrogen and oxygen atoms in total. The fourth-order valence-electron chi connectivity index (χ4n) is 0.497. The van der Waals surface area contributed by atoms with Crippen LogP contribution in [0, 0.1) is 26.6 Å². The van der Waals surface area contributed by atoms with Gasteiger partial charge in [0.15, 0.2) is 0 Å².